The molecule has 3 rings (SSSR count). The van der Waals surface area contributed by atoms with Crippen molar-refractivity contribution in [3.8, 4) is 0 Å². The molecule has 10 heteroatoms. The molecule has 0 spiro atoms. The molecule has 0 saturated carbocycles. The van der Waals surface area contributed by atoms with Gasteiger partial charge in [-0.05, 0) is 34.0 Å². The summed E-state index contributed by atoms with van der Waals surface area (Å²) in [6, 6.07) is 3.31. The zero-order valence-electron chi connectivity index (χ0n) is 16.9. The van der Waals surface area contributed by atoms with Crippen LogP contribution < -0.4 is 10.6 Å². The molecule has 0 atom stereocenters. The SMILES string of the molecule is CC(C)CNc1nc(SC(C)C)nc2c1cnn2CCNC(=O)c1ccc(Br)o1. The summed E-state index contributed by atoms with van der Waals surface area (Å²) in [5.41, 5.74) is 0.754. The molecule has 0 fully saturated rings. The maximum atomic E-state index is 12.1. The molecule has 0 saturated heterocycles. The van der Waals surface area contributed by atoms with Crippen LogP contribution >= 0.6 is 27.7 Å². The van der Waals surface area contributed by atoms with E-state index < -0.39 is 0 Å². The van der Waals surface area contributed by atoms with Crippen molar-refractivity contribution in [2.75, 3.05) is 18.4 Å². The second kappa shape index (κ2) is 9.62. The van der Waals surface area contributed by atoms with E-state index in [9.17, 15) is 4.79 Å². The fourth-order valence-electron chi connectivity index (χ4n) is 2.60. The number of aromatic nitrogens is 4. The zero-order valence-corrected chi connectivity index (χ0v) is 19.3. The minimum Gasteiger partial charge on any atom is -0.444 e. The molecule has 156 valence electrons. The molecular weight excluding hydrogens is 456 g/mol. The smallest absolute Gasteiger partial charge is 0.287 e. The normalized spacial score (nSPS) is 11.6. The monoisotopic (exact) mass is 480 g/mol. The van der Waals surface area contributed by atoms with Crippen molar-refractivity contribution in [3.05, 3.63) is 28.8 Å². The summed E-state index contributed by atoms with van der Waals surface area (Å²) < 4.78 is 7.58. The average Bonchev–Trinajstić information content (AvgIpc) is 3.26. The van der Waals surface area contributed by atoms with Gasteiger partial charge in [0.1, 0.15) is 5.82 Å². The van der Waals surface area contributed by atoms with Crippen LogP contribution in [-0.2, 0) is 6.54 Å². The van der Waals surface area contributed by atoms with E-state index in [4.69, 9.17) is 9.40 Å². The number of amides is 1. The first-order valence-corrected chi connectivity index (χ1v) is 11.2. The second-order valence-electron chi connectivity index (χ2n) is 7.26. The molecule has 2 N–H and O–H groups in total. The Kier molecular flexibility index (Phi) is 7.18. The number of rotatable bonds is 9. The van der Waals surface area contributed by atoms with Crippen molar-refractivity contribution in [1.29, 1.82) is 0 Å². The van der Waals surface area contributed by atoms with Gasteiger partial charge in [-0.1, -0.05) is 39.5 Å². The Morgan fingerprint density at radius 3 is 2.72 bits per heavy atom. The predicted octanol–water partition coefficient (Wildman–Crippen LogP) is 4.18. The molecule has 3 heterocycles. The standard InChI is InChI=1S/C19H25BrN6O2S/c1-11(2)9-22-16-13-10-23-26(17(13)25-19(24-16)29-12(3)4)8-7-21-18(27)14-5-6-15(20)28-14/h5-6,10-12H,7-9H2,1-4H3,(H,21,27)(H,22,24,25). The summed E-state index contributed by atoms with van der Waals surface area (Å²) in [5.74, 6) is 1.29. The minimum atomic E-state index is -0.267. The summed E-state index contributed by atoms with van der Waals surface area (Å²) in [4.78, 5) is 21.5. The minimum absolute atomic E-state index is 0.264. The van der Waals surface area contributed by atoms with Gasteiger partial charge in [0.25, 0.3) is 5.91 Å². The van der Waals surface area contributed by atoms with Crippen molar-refractivity contribution < 1.29 is 9.21 Å². The van der Waals surface area contributed by atoms with E-state index in [1.807, 2.05) is 0 Å². The van der Waals surface area contributed by atoms with Crippen LogP contribution in [0.1, 0.15) is 38.2 Å². The molecule has 1 amide bonds. The maximum Gasteiger partial charge on any atom is 0.287 e. The summed E-state index contributed by atoms with van der Waals surface area (Å²) in [6.45, 7) is 10.2. The van der Waals surface area contributed by atoms with Crippen molar-refractivity contribution in [2.24, 2.45) is 5.92 Å². The Labute approximate surface area is 182 Å². The fraction of sp³-hybridized carbons (Fsp3) is 0.474. The van der Waals surface area contributed by atoms with E-state index in [2.05, 4.69) is 64.3 Å². The first-order chi connectivity index (χ1) is 13.8. The van der Waals surface area contributed by atoms with Crippen LogP contribution in [0.3, 0.4) is 0 Å². The predicted molar refractivity (Wildman–Crippen MR) is 118 cm³/mol. The lowest BCUT2D eigenvalue weighted by Gasteiger charge is -2.12. The van der Waals surface area contributed by atoms with E-state index in [0.29, 0.717) is 34.1 Å². The summed E-state index contributed by atoms with van der Waals surface area (Å²) in [6.07, 6.45) is 1.77. The largest absolute Gasteiger partial charge is 0.444 e. The molecular formula is C19H25BrN6O2S. The summed E-state index contributed by atoms with van der Waals surface area (Å²) in [5, 5.41) is 12.7. The second-order valence-corrected chi connectivity index (χ2v) is 9.59. The molecule has 0 radical (unpaired) electrons. The Morgan fingerprint density at radius 1 is 1.28 bits per heavy atom. The van der Waals surface area contributed by atoms with Gasteiger partial charge < -0.3 is 15.1 Å². The highest BCUT2D eigenvalue weighted by Gasteiger charge is 2.15. The highest BCUT2D eigenvalue weighted by molar-refractivity contribution is 9.10. The van der Waals surface area contributed by atoms with Gasteiger partial charge in [0.15, 0.2) is 21.2 Å². The number of hydrogen-bond acceptors (Lipinski definition) is 7. The van der Waals surface area contributed by atoms with Gasteiger partial charge >= 0.3 is 0 Å². The molecule has 8 nitrogen and oxygen atoms in total. The number of anilines is 1. The maximum absolute atomic E-state index is 12.1. The summed E-state index contributed by atoms with van der Waals surface area (Å²) in [7, 11) is 0. The Bertz CT molecular complexity index is 984. The Morgan fingerprint density at radius 2 is 2.07 bits per heavy atom. The van der Waals surface area contributed by atoms with Crippen LogP contribution in [0.4, 0.5) is 5.82 Å². The van der Waals surface area contributed by atoms with Crippen LogP contribution in [0.25, 0.3) is 11.0 Å². The molecule has 0 aliphatic carbocycles. The average molecular weight is 481 g/mol. The molecule has 0 bridgehead atoms. The van der Waals surface area contributed by atoms with Crippen LogP contribution in [0, 0.1) is 5.92 Å². The van der Waals surface area contributed by atoms with Crippen LogP contribution in [0.5, 0.6) is 0 Å². The number of furan rings is 1. The van der Waals surface area contributed by atoms with Gasteiger partial charge in [0, 0.05) is 18.3 Å². The molecule has 0 aliphatic heterocycles. The molecule has 0 aliphatic rings. The van der Waals surface area contributed by atoms with Crippen LogP contribution in [0.15, 0.2) is 32.6 Å². The number of fused-ring (bicyclic) bond motifs is 1. The number of nitrogens with one attached hydrogen (secondary N) is 2. The van der Waals surface area contributed by atoms with Gasteiger partial charge in [0.2, 0.25) is 0 Å². The van der Waals surface area contributed by atoms with E-state index in [-0.39, 0.29) is 11.7 Å². The van der Waals surface area contributed by atoms with Crippen LogP contribution in [0.2, 0.25) is 0 Å². The van der Waals surface area contributed by atoms with Crippen LogP contribution in [-0.4, -0.2) is 44.0 Å². The third-order valence-electron chi connectivity index (χ3n) is 3.90. The Hall–Kier alpha value is -2.07. The third kappa shape index (κ3) is 5.72. The quantitative estimate of drug-likeness (QED) is 0.350. The summed E-state index contributed by atoms with van der Waals surface area (Å²) >= 11 is 4.81. The number of nitrogens with zero attached hydrogens (tertiary/aromatic N) is 4. The number of carbonyl (C=O) groups is 1. The van der Waals surface area contributed by atoms with Crippen molar-refractivity contribution >= 4 is 50.5 Å². The van der Waals surface area contributed by atoms with Gasteiger partial charge in [-0.15, -0.1) is 0 Å². The van der Waals surface area contributed by atoms with Gasteiger partial charge in [-0.25, -0.2) is 14.6 Å². The Balaban J connectivity index is 1.76. The van der Waals surface area contributed by atoms with E-state index >= 15 is 0 Å². The van der Waals surface area contributed by atoms with E-state index in [1.54, 1.807) is 34.8 Å². The van der Waals surface area contributed by atoms with Gasteiger partial charge in [0.05, 0.1) is 18.1 Å². The lowest BCUT2D eigenvalue weighted by molar-refractivity contribution is 0.0923. The van der Waals surface area contributed by atoms with Gasteiger partial charge in [-0.3, -0.25) is 4.79 Å². The molecule has 3 aromatic rings. The number of halogens is 1. The highest BCUT2D eigenvalue weighted by Crippen LogP contribution is 2.26. The highest BCUT2D eigenvalue weighted by atomic mass is 79.9. The van der Waals surface area contributed by atoms with E-state index in [1.165, 1.54) is 0 Å². The first kappa shape index (κ1) is 21.6. The first-order valence-electron chi connectivity index (χ1n) is 9.51. The third-order valence-corrected chi connectivity index (χ3v) is 5.19. The fourth-order valence-corrected chi connectivity index (χ4v) is 3.61. The topological polar surface area (TPSA) is 97.9 Å². The molecule has 29 heavy (non-hydrogen) atoms. The zero-order chi connectivity index (χ0) is 21.0. The molecule has 0 unspecified atom stereocenters. The lowest BCUT2D eigenvalue weighted by Crippen LogP contribution is -2.27. The van der Waals surface area contributed by atoms with Crippen molar-refractivity contribution in [2.45, 2.75) is 44.6 Å². The molecule has 3 aromatic heterocycles. The number of hydrogen-bond donors (Lipinski definition) is 2. The molecule has 0 aromatic carbocycles. The van der Waals surface area contributed by atoms with Crippen molar-refractivity contribution in [1.82, 2.24) is 25.1 Å². The van der Waals surface area contributed by atoms with Gasteiger partial charge in [-0.2, -0.15) is 5.10 Å². The lowest BCUT2D eigenvalue weighted by atomic mass is 10.2. The number of carbonyl (C=O) groups excluding carboxylic acids is 1. The van der Waals surface area contributed by atoms with E-state index in [0.717, 1.165) is 23.4 Å². The number of thioether (sulfide) groups is 1. The van der Waals surface area contributed by atoms with Crippen molar-refractivity contribution in [3.63, 3.8) is 0 Å².